The number of primary amides is 1. The average Bonchev–Trinajstić information content (AvgIpc) is 3.18. The molecule has 3 amide bonds. The molecule has 0 radical (unpaired) electrons. The molecule has 0 aliphatic carbocycles. The summed E-state index contributed by atoms with van der Waals surface area (Å²) in [4.78, 5) is 36.9. The molecule has 0 saturated heterocycles. The van der Waals surface area contributed by atoms with Gasteiger partial charge in [0.2, 0.25) is 5.91 Å². The Bertz CT molecular complexity index is 1310. The van der Waals surface area contributed by atoms with Gasteiger partial charge in [-0.2, -0.15) is 0 Å². The van der Waals surface area contributed by atoms with Gasteiger partial charge in [-0.3, -0.25) is 14.4 Å². The molecule has 0 atom stereocenters. The molecule has 0 aliphatic rings. The fourth-order valence-corrected chi connectivity index (χ4v) is 3.71. The summed E-state index contributed by atoms with van der Waals surface area (Å²) in [6, 6.07) is 26.3. The molecule has 4 aromatic rings. The van der Waals surface area contributed by atoms with Crippen LogP contribution in [0, 0.1) is 0 Å². The van der Waals surface area contributed by atoms with Gasteiger partial charge in [0.05, 0.1) is 11.3 Å². The highest BCUT2D eigenvalue weighted by molar-refractivity contribution is 6.10. The smallest absolute Gasteiger partial charge is 0.272 e. The summed E-state index contributed by atoms with van der Waals surface area (Å²) in [5.74, 6) is -1.21. The molecule has 7 nitrogen and oxygen atoms in total. The van der Waals surface area contributed by atoms with Crippen LogP contribution in [0.25, 0.3) is 10.9 Å². The van der Waals surface area contributed by atoms with E-state index in [9.17, 15) is 14.4 Å². The van der Waals surface area contributed by atoms with Crippen molar-refractivity contribution >= 4 is 34.3 Å². The Labute approximate surface area is 191 Å². The SMILES string of the molecule is NC(=O)CCNC(=O)c1ccccc1NC(=O)c1cc2ccccc2n1Cc1ccccc1. The maximum absolute atomic E-state index is 13.3. The van der Waals surface area contributed by atoms with Gasteiger partial charge in [0.1, 0.15) is 5.69 Å². The third-order valence-electron chi connectivity index (χ3n) is 5.30. The van der Waals surface area contributed by atoms with Gasteiger partial charge in [-0.25, -0.2) is 0 Å². The Kier molecular flexibility index (Phi) is 6.50. The molecule has 0 aliphatic heterocycles. The van der Waals surface area contributed by atoms with Crippen molar-refractivity contribution in [3.05, 3.63) is 102 Å². The first-order valence-corrected chi connectivity index (χ1v) is 10.6. The second-order valence-corrected chi connectivity index (χ2v) is 7.63. The van der Waals surface area contributed by atoms with Gasteiger partial charge >= 0.3 is 0 Å². The number of carbonyl (C=O) groups excluding carboxylic acids is 3. The van der Waals surface area contributed by atoms with Crippen LogP contribution in [0.3, 0.4) is 0 Å². The zero-order valence-corrected chi connectivity index (χ0v) is 18.0. The van der Waals surface area contributed by atoms with E-state index in [2.05, 4.69) is 10.6 Å². The maximum atomic E-state index is 13.3. The Balaban J connectivity index is 1.62. The first kappa shape index (κ1) is 21.8. The number of aromatic nitrogens is 1. The molecule has 7 heteroatoms. The standard InChI is InChI=1S/C26H24N4O3/c27-24(31)14-15-28-25(32)20-11-5-6-12-21(20)29-26(33)23-16-19-10-4-7-13-22(19)30(23)17-18-8-2-1-3-9-18/h1-13,16H,14-15,17H2,(H2,27,31)(H,28,32)(H,29,33). The van der Waals surface area contributed by atoms with Gasteiger partial charge in [-0.1, -0.05) is 60.7 Å². The van der Waals surface area contributed by atoms with Gasteiger partial charge in [-0.15, -0.1) is 0 Å². The van der Waals surface area contributed by atoms with E-state index in [1.807, 2.05) is 65.2 Å². The quantitative estimate of drug-likeness (QED) is 0.390. The number of anilines is 1. The highest BCUT2D eigenvalue weighted by atomic mass is 16.2. The molecule has 3 aromatic carbocycles. The van der Waals surface area contributed by atoms with Crippen LogP contribution >= 0.6 is 0 Å². The molecule has 4 rings (SSSR count). The number of nitrogens with zero attached hydrogens (tertiary/aromatic N) is 1. The molecular formula is C26H24N4O3. The Morgan fingerprint density at radius 3 is 2.30 bits per heavy atom. The highest BCUT2D eigenvalue weighted by Gasteiger charge is 2.19. The molecule has 166 valence electrons. The summed E-state index contributed by atoms with van der Waals surface area (Å²) < 4.78 is 1.97. The molecular weight excluding hydrogens is 416 g/mol. The largest absolute Gasteiger partial charge is 0.370 e. The molecule has 1 aromatic heterocycles. The van der Waals surface area contributed by atoms with E-state index in [4.69, 9.17) is 5.73 Å². The number of carbonyl (C=O) groups is 3. The van der Waals surface area contributed by atoms with Crippen molar-refractivity contribution in [1.82, 2.24) is 9.88 Å². The van der Waals surface area contributed by atoms with E-state index < -0.39 is 11.8 Å². The van der Waals surface area contributed by atoms with E-state index in [0.29, 0.717) is 23.5 Å². The predicted octanol–water partition coefficient (Wildman–Crippen LogP) is 3.55. The molecule has 0 fully saturated rings. The lowest BCUT2D eigenvalue weighted by Crippen LogP contribution is -2.29. The van der Waals surface area contributed by atoms with Gasteiger partial charge in [0.15, 0.2) is 0 Å². The number of fused-ring (bicyclic) bond motifs is 1. The lowest BCUT2D eigenvalue weighted by Gasteiger charge is -2.14. The first-order chi connectivity index (χ1) is 16.0. The molecule has 1 heterocycles. The highest BCUT2D eigenvalue weighted by Crippen LogP contribution is 2.23. The number of amides is 3. The van der Waals surface area contributed by atoms with Gasteiger partial charge in [-0.05, 0) is 29.8 Å². The number of nitrogens with two attached hydrogens (primary N) is 1. The summed E-state index contributed by atoms with van der Waals surface area (Å²) >= 11 is 0. The van der Waals surface area contributed by atoms with Crippen molar-refractivity contribution in [2.75, 3.05) is 11.9 Å². The third-order valence-corrected chi connectivity index (χ3v) is 5.30. The van der Waals surface area contributed by atoms with E-state index in [-0.39, 0.29) is 18.9 Å². The molecule has 33 heavy (non-hydrogen) atoms. The molecule has 0 unspecified atom stereocenters. The first-order valence-electron chi connectivity index (χ1n) is 10.6. The van der Waals surface area contributed by atoms with Crippen LogP contribution in [-0.2, 0) is 11.3 Å². The minimum Gasteiger partial charge on any atom is -0.370 e. The normalized spacial score (nSPS) is 10.7. The van der Waals surface area contributed by atoms with Gasteiger partial charge in [0.25, 0.3) is 11.8 Å². The van der Waals surface area contributed by atoms with Crippen molar-refractivity contribution < 1.29 is 14.4 Å². The van der Waals surface area contributed by atoms with Crippen molar-refractivity contribution in [2.45, 2.75) is 13.0 Å². The summed E-state index contributed by atoms with van der Waals surface area (Å²) in [6.45, 7) is 0.661. The lowest BCUT2D eigenvalue weighted by molar-refractivity contribution is -0.117. The minimum absolute atomic E-state index is 0.0415. The maximum Gasteiger partial charge on any atom is 0.272 e. The van der Waals surface area contributed by atoms with Gasteiger partial charge in [0, 0.05) is 30.4 Å². The van der Waals surface area contributed by atoms with Crippen LogP contribution in [0.5, 0.6) is 0 Å². The average molecular weight is 441 g/mol. The van der Waals surface area contributed by atoms with Crippen molar-refractivity contribution in [3.8, 4) is 0 Å². The summed E-state index contributed by atoms with van der Waals surface area (Å²) in [5.41, 5.74) is 8.33. The summed E-state index contributed by atoms with van der Waals surface area (Å²) in [7, 11) is 0. The predicted molar refractivity (Wildman–Crippen MR) is 128 cm³/mol. The Hall–Kier alpha value is -4.39. The van der Waals surface area contributed by atoms with Crippen LogP contribution in [0.4, 0.5) is 5.69 Å². The Morgan fingerprint density at radius 2 is 1.52 bits per heavy atom. The second kappa shape index (κ2) is 9.82. The molecule has 0 bridgehead atoms. The molecule has 0 spiro atoms. The topological polar surface area (TPSA) is 106 Å². The van der Waals surface area contributed by atoms with Crippen molar-refractivity contribution in [2.24, 2.45) is 5.73 Å². The number of benzene rings is 3. The number of nitrogens with one attached hydrogen (secondary N) is 2. The summed E-state index contributed by atoms with van der Waals surface area (Å²) in [6.07, 6.45) is 0.0415. The van der Waals surface area contributed by atoms with Crippen LogP contribution in [0.1, 0.15) is 32.8 Å². The van der Waals surface area contributed by atoms with Gasteiger partial charge < -0.3 is 20.9 Å². The Morgan fingerprint density at radius 1 is 0.818 bits per heavy atom. The molecule has 0 saturated carbocycles. The number of rotatable bonds is 8. The number of hydrogen-bond donors (Lipinski definition) is 3. The number of para-hydroxylation sites is 2. The number of hydrogen-bond acceptors (Lipinski definition) is 3. The fraction of sp³-hybridized carbons (Fsp3) is 0.115. The van der Waals surface area contributed by atoms with Crippen molar-refractivity contribution in [1.29, 1.82) is 0 Å². The molecule has 4 N–H and O–H groups in total. The zero-order valence-electron chi connectivity index (χ0n) is 18.0. The van der Waals surface area contributed by atoms with Crippen molar-refractivity contribution in [3.63, 3.8) is 0 Å². The second-order valence-electron chi connectivity index (χ2n) is 7.63. The fourth-order valence-electron chi connectivity index (χ4n) is 3.71. The monoisotopic (exact) mass is 440 g/mol. The van der Waals surface area contributed by atoms with E-state index in [1.165, 1.54) is 0 Å². The zero-order chi connectivity index (χ0) is 23.2. The third kappa shape index (κ3) is 5.10. The van der Waals surface area contributed by atoms with Crippen LogP contribution in [0.2, 0.25) is 0 Å². The van der Waals surface area contributed by atoms with E-state index in [1.54, 1.807) is 24.3 Å². The van der Waals surface area contributed by atoms with E-state index in [0.717, 1.165) is 16.5 Å². The van der Waals surface area contributed by atoms with Crippen LogP contribution < -0.4 is 16.4 Å². The summed E-state index contributed by atoms with van der Waals surface area (Å²) in [5, 5.41) is 6.49. The van der Waals surface area contributed by atoms with Crippen LogP contribution in [0.15, 0.2) is 84.9 Å². The minimum atomic E-state index is -0.497. The van der Waals surface area contributed by atoms with Crippen LogP contribution in [-0.4, -0.2) is 28.8 Å². The lowest BCUT2D eigenvalue weighted by atomic mass is 10.1. The van der Waals surface area contributed by atoms with E-state index >= 15 is 0 Å².